The van der Waals surface area contributed by atoms with Crippen LogP contribution in [0.1, 0.15) is 0 Å². The van der Waals surface area contributed by atoms with Gasteiger partial charge >= 0.3 is 0 Å². The first kappa shape index (κ1) is 15.6. The minimum Gasteiger partial charge on any atom is -0.494 e. The maximum Gasteiger partial charge on any atom is 0.168 e. The van der Waals surface area contributed by atoms with E-state index in [9.17, 15) is 0 Å². The molecule has 0 unspecified atom stereocenters. The van der Waals surface area contributed by atoms with E-state index in [0.717, 1.165) is 31.5 Å². The largest absolute Gasteiger partial charge is 0.494 e. The first-order chi connectivity index (χ1) is 10.6. The number of nitrogens with zero attached hydrogens (tertiary/aromatic N) is 1. The Bertz CT molecular complexity index is 810. The summed E-state index contributed by atoms with van der Waals surface area (Å²) in [6, 6.07) is 13.2. The zero-order valence-corrected chi connectivity index (χ0v) is 15.4. The Balaban J connectivity index is 2.03. The van der Waals surface area contributed by atoms with E-state index in [4.69, 9.17) is 20.9 Å². The van der Waals surface area contributed by atoms with Gasteiger partial charge in [0.1, 0.15) is 11.4 Å². The van der Waals surface area contributed by atoms with Crippen LogP contribution in [0.25, 0.3) is 22.6 Å². The molecule has 112 valence electrons. The smallest absolute Gasteiger partial charge is 0.168 e. The molecule has 0 atom stereocenters. The third-order valence-corrected chi connectivity index (χ3v) is 4.66. The quantitative estimate of drug-likeness (QED) is 0.484. The van der Waals surface area contributed by atoms with Gasteiger partial charge in [0, 0.05) is 17.2 Å². The summed E-state index contributed by atoms with van der Waals surface area (Å²) in [7, 11) is 1.62. The number of rotatable bonds is 3. The Hall–Kier alpha value is -1.30. The molecule has 0 aliphatic heterocycles. The zero-order chi connectivity index (χ0) is 15.7. The van der Waals surface area contributed by atoms with E-state index in [-0.39, 0.29) is 0 Å². The third-order valence-electron chi connectivity index (χ3n) is 3.15. The number of hydrogen-bond acceptors (Lipinski definition) is 3. The molecule has 1 heterocycles. The van der Waals surface area contributed by atoms with Gasteiger partial charge in [-0.25, -0.2) is 0 Å². The molecule has 0 amide bonds. The molecule has 1 aromatic heterocycles. The summed E-state index contributed by atoms with van der Waals surface area (Å²) in [6.45, 7) is 0. The summed E-state index contributed by atoms with van der Waals surface area (Å²) >= 11 is 13.2. The molecule has 3 nitrogen and oxygen atoms in total. The van der Waals surface area contributed by atoms with E-state index in [1.807, 2.05) is 42.5 Å². The minimum absolute atomic E-state index is 0.627. The lowest BCUT2D eigenvalue weighted by molar-refractivity contribution is 0.409. The summed E-state index contributed by atoms with van der Waals surface area (Å²) < 4.78 is 12.4. The fourth-order valence-electron chi connectivity index (χ4n) is 2.10. The first-order valence-corrected chi connectivity index (χ1v) is 8.31. The van der Waals surface area contributed by atoms with E-state index >= 15 is 0 Å². The Kier molecular flexibility index (Phi) is 4.57. The maximum atomic E-state index is 6.18. The normalized spacial score (nSPS) is 10.7. The molecule has 6 heteroatoms. The van der Waals surface area contributed by atoms with E-state index < -0.39 is 0 Å². The second kappa shape index (κ2) is 6.44. The second-order valence-electron chi connectivity index (χ2n) is 4.53. The summed E-state index contributed by atoms with van der Waals surface area (Å²) in [5, 5.41) is 4.75. The van der Waals surface area contributed by atoms with Crippen molar-refractivity contribution in [3.8, 4) is 28.3 Å². The molecule has 2 aromatic carbocycles. The van der Waals surface area contributed by atoms with Crippen molar-refractivity contribution in [2.75, 3.05) is 7.11 Å². The second-order valence-corrected chi connectivity index (χ2v) is 6.65. The minimum atomic E-state index is 0.627. The van der Waals surface area contributed by atoms with Crippen molar-refractivity contribution in [1.29, 1.82) is 0 Å². The van der Waals surface area contributed by atoms with Gasteiger partial charge in [0.25, 0.3) is 0 Å². The molecule has 0 spiro atoms. The SMILES string of the molecule is COc1c(Br)cc(-c2cc(-c3ccccc3Cl)on2)cc1Br. The number of ether oxygens (including phenoxy) is 1. The first-order valence-electron chi connectivity index (χ1n) is 6.35. The monoisotopic (exact) mass is 441 g/mol. The number of methoxy groups -OCH3 is 1. The lowest BCUT2D eigenvalue weighted by Gasteiger charge is -2.07. The number of aromatic nitrogens is 1. The van der Waals surface area contributed by atoms with Gasteiger partial charge in [0.15, 0.2) is 5.76 Å². The summed E-state index contributed by atoms with van der Waals surface area (Å²) in [4.78, 5) is 0. The zero-order valence-electron chi connectivity index (χ0n) is 11.4. The summed E-state index contributed by atoms with van der Waals surface area (Å²) in [5.74, 6) is 1.36. The molecule has 0 fully saturated rings. The number of benzene rings is 2. The van der Waals surface area contributed by atoms with E-state index in [0.29, 0.717) is 10.8 Å². The van der Waals surface area contributed by atoms with Crippen LogP contribution >= 0.6 is 43.5 Å². The molecule has 0 saturated carbocycles. The summed E-state index contributed by atoms with van der Waals surface area (Å²) in [6.07, 6.45) is 0. The van der Waals surface area contributed by atoms with Crippen molar-refractivity contribution >= 4 is 43.5 Å². The van der Waals surface area contributed by atoms with Crippen LogP contribution in [0.3, 0.4) is 0 Å². The van der Waals surface area contributed by atoms with Gasteiger partial charge in [-0.1, -0.05) is 28.9 Å². The Morgan fingerprint density at radius 2 is 1.77 bits per heavy atom. The topological polar surface area (TPSA) is 35.3 Å². The van der Waals surface area contributed by atoms with Crippen LogP contribution in [0.4, 0.5) is 0 Å². The molecule has 0 bridgehead atoms. The third kappa shape index (κ3) is 2.93. The Morgan fingerprint density at radius 1 is 1.09 bits per heavy atom. The van der Waals surface area contributed by atoms with Gasteiger partial charge in [-0.15, -0.1) is 0 Å². The molecule has 0 aliphatic carbocycles. The predicted octanol–water partition coefficient (Wildman–Crippen LogP) is 6.20. The molecule has 0 saturated heterocycles. The average Bonchev–Trinajstić information content (AvgIpc) is 2.97. The van der Waals surface area contributed by atoms with Crippen molar-refractivity contribution in [3.05, 3.63) is 56.4 Å². The fourth-order valence-corrected chi connectivity index (χ4v) is 3.84. The van der Waals surface area contributed by atoms with Crippen LogP contribution in [-0.4, -0.2) is 12.3 Å². The van der Waals surface area contributed by atoms with E-state index in [2.05, 4.69) is 37.0 Å². The highest BCUT2D eigenvalue weighted by Crippen LogP contribution is 2.38. The predicted molar refractivity (Wildman–Crippen MR) is 94.3 cm³/mol. The molecular weight excluding hydrogens is 433 g/mol. The summed E-state index contributed by atoms with van der Waals surface area (Å²) in [5.41, 5.74) is 2.44. The highest BCUT2D eigenvalue weighted by atomic mass is 79.9. The molecule has 0 aliphatic rings. The highest BCUT2D eigenvalue weighted by molar-refractivity contribution is 9.11. The van der Waals surface area contributed by atoms with Crippen molar-refractivity contribution in [3.63, 3.8) is 0 Å². The average molecular weight is 444 g/mol. The van der Waals surface area contributed by atoms with Crippen molar-refractivity contribution < 1.29 is 9.26 Å². The standard InChI is InChI=1S/C16H10Br2ClNO2/c1-21-16-11(17)6-9(7-12(16)18)14-8-15(22-20-14)10-4-2-3-5-13(10)19/h2-8H,1H3. The molecule has 0 N–H and O–H groups in total. The maximum absolute atomic E-state index is 6.18. The molecule has 3 rings (SSSR count). The highest BCUT2D eigenvalue weighted by Gasteiger charge is 2.14. The Morgan fingerprint density at radius 3 is 2.41 bits per heavy atom. The van der Waals surface area contributed by atoms with Gasteiger partial charge in [0.2, 0.25) is 0 Å². The van der Waals surface area contributed by atoms with Crippen LogP contribution in [0.2, 0.25) is 5.02 Å². The fraction of sp³-hybridized carbons (Fsp3) is 0.0625. The van der Waals surface area contributed by atoms with E-state index in [1.54, 1.807) is 7.11 Å². The van der Waals surface area contributed by atoms with Gasteiger partial charge < -0.3 is 9.26 Å². The molecule has 22 heavy (non-hydrogen) atoms. The van der Waals surface area contributed by atoms with Crippen LogP contribution in [0, 0.1) is 0 Å². The van der Waals surface area contributed by atoms with Crippen molar-refractivity contribution in [2.45, 2.75) is 0 Å². The number of halogens is 3. The Labute approximate surface area is 149 Å². The van der Waals surface area contributed by atoms with Crippen LogP contribution < -0.4 is 4.74 Å². The molecule has 0 radical (unpaired) electrons. The molecular formula is C16H10Br2ClNO2. The number of hydrogen-bond donors (Lipinski definition) is 0. The van der Waals surface area contributed by atoms with E-state index in [1.165, 1.54) is 0 Å². The van der Waals surface area contributed by atoms with Gasteiger partial charge in [-0.3, -0.25) is 0 Å². The van der Waals surface area contributed by atoms with Gasteiger partial charge in [-0.05, 0) is 56.1 Å². The molecule has 3 aromatic rings. The van der Waals surface area contributed by atoms with Crippen LogP contribution in [0.15, 0.2) is 55.9 Å². The lowest BCUT2D eigenvalue weighted by Crippen LogP contribution is -1.87. The van der Waals surface area contributed by atoms with Crippen LogP contribution in [0.5, 0.6) is 5.75 Å². The van der Waals surface area contributed by atoms with Crippen LogP contribution in [-0.2, 0) is 0 Å². The van der Waals surface area contributed by atoms with Crippen molar-refractivity contribution in [2.24, 2.45) is 0 Å². The van der Waals surface area contributed by atoms with Gasteiger partial charge in [-0.2, -0.15) is 0 Å². The van der Waals surface area contributed by atoms with Gasteiger partial charge in [0.05, 0.1) is 21.1 Å². The van der Waals surface area contributed by atoms with Crippen molar-refractivity contribution in [1.82, 2.24) is 5.16 Å². The lowest BCUT2D eigenvalue weighted by atomic mass is 10.1.